The van der Waals surface area contributed by atoms with Gasteiger partial charge in [0.1, 0.15) is 4.70 Å². The van der Waals surface area contributed by atoms with Crippen molar-refractivity contribution < 1.29 is 9.59 Å². The highest BCUT2D eigenvalue weighted by atomic mass is 35.5. The fourth-order valence-corrected chi connectivity index (χ4v) is 4.80. The Bertz CT molecular complexity index is 1360. The summed E-state index contributed by atoms with van der Waals surface area (Å²) >= 11 is 7.28. The van der Waals surface area contributed by atoms with Gasteiger partial charge in [-0.2, -0.15) is 0 Å². The standard InChI is InChI=1S/C22H18ClN3O3S/c1-11-19(13(3)27)12(2)25-20(11)17(28)9-26-10-24-16-8-18(30-21(16)22(26)29)14-4-6-15(23)7-5-14/h4-8,10,25H,9H2,1-3H3. The van der Waals surface area contributed by atoms with Gasteiger partial charge in [-0.1, -0.05) is 23.7 Å². The molecule has 0 radical (unpaired) electrons. The second-order valence-corrected chi connectivity index (χ2v) is 8.60. The molecule has 0 saturated heterocycles. The molecule has 30 heavy (non-hydrogen) atoms. The number of rotatable bonds is 5. The number of nitrogens with one attached hydrogen (secondary N) is 1. The zero-order valence-corrected chi connectivity index (χ0v) is 18.1. The molecule has 0 aliphatic rings. The maximum Gasteiger partial charge on any atom is 0.271 e. The van der Waals surface area contributed by atoms with Crippen molar-refractivity contribution in [2.75, 3.05) is 0 Å². The number of halogens is 1. The topological polar surface area (TPSA) is 84.8 Å². The van der Waals surface area contributed by atoms with Crippen LogP contribution in [0.25, 0.3) is 20.7 Å². The predicted octanol–water partition coefficient (Wildman–Crippen LogP) is 4.81. The molecule has 0 saturated carbocycles. The van der Waals surface area contributed by atoms with Gasteiger partial charge < -0.3 is 4.98 Å². The largest absolute Gasteiger partial charge is 0.355 e. The molecule has 0 amide bonds. The Labute approximate surface area is 181 Å². The van der Waals surface area contributed by atoms with Gasteiger partial charge in [0.05, 0.1) is 24.1 Å². The summed E-state index contributed by atoms with van der Waals surface area (Å²) in [7, 11) is 0. The van der Waals surface area contributed by atoms with Crippen molar-refractivity contribution in [1.82, 2.24) is 14.5 Å². The van der Waals surface area contributed by atoms with Crippen molar-refractivity contribution in [3.05, 3.63) is 74.6 Å². The van der Waals surface area contributed by atoms with E-state index in [1.165, 1.54) is 29.2 Å². The molecule has 0 aliphatic heterocycles. The van der Waals surface area contributed by atoms with Gasteiger partial charge in [-0.25, -0.2) is 4.98 Å². The Morgan fingerprint density at radius 2 is 1.90 bits per heavy atom. The van der Waals surface area contributed by atoms with E-state index in [4.69, 9.17) is 11.6 Å². The Kier molecular flexibility index (Phi) is 5.17. The van der Waals surface area contributed by atoms with Crippen molar-refractivity contribution in [3.8, 4) is 10.4 Å². The number of H-pyrrole nitrogens is 1. The van der Waals surface area contributed by atoms with Crippen molar-refractivity contribution in [2.24, 2.45) is 0 Å². The minimum absolute atomic E-state index is 0.103. The third-order valence-corrected chi connectivity index (χ3v) is 6.43. The van der Waals surface area contributed by atoms with Gasteiger partial charge >= 0.3 is 0 Å². The third-order valence-electron chi connectivity index (χ3n) is 5.01. The van der Waals surface area contributed by atoms with Crippen LogP contribution >= 0.6 is 22.9 Å². The average Bonchev–Trinajstić information content (AvgIpc) is 3.26. The van der Waals surface area contributed by atoms with E-state index in [2.05, 4.69) is 9.97 Å². The molecular weight excluding hydrogens is 422 g/mol. The van der Waals surface area contributed by atoms with Crippen LogP contribution in [0.2, 0.25) is 5.02 Å². The van der Waals surface area contributed by atoms with Crippen LogP contribution in [0.5, 0.6) is 0 Å². The number of ketones is 2. The molecule has 0 unspecified atom stereocenters. The van der Waals surface area contributed by atoms with E-state index in [-0.39, 0.29) is 23.7 Å². The highest BCUT2D eigenvalue weighted by molar-refractivity contribution is 7.22. The first-order valence-electron chi connectivity index (χ1n) is 9.24. The lowest BCUT2D eigenvalue weighted by Gasteiger charge is -2.04. The van der Waals surface area contributed by atoms with Crippen LogP contribution < -0.4 is 5.56 Å². The zero-order valence-electron chi connectivity index (χ0n) is 16.6. The van der Waals surface area contributed by atoms with Crippen LogP contribution in [0.15, 0.2) is 41.5 Å². The summed E-state index contributed by atoms with van der Waals surface area (Å²) in [6, 6.07) is 9.22. The number of Topliss-reactive ketones (excluding diaryl/α,β-unsaturated/α-hetero) is 2. The Balaban J connectivity index is 1.69. The summed E-state index contributed by atoms with van der Waals surface area (Å²) in [5, 5.41) is 0.640. The lowest BCUT2D eigenvalue weighted by molar-refractivity contribution is 0.0965. The van der Waals surface area contributed by atoms with Gasteiger partial charge in [0.25, 0.3) is 5.56 Å². The lowest BCUT2D eigenvalue weighted by atomic mass is 10.1. The molecule has 0 fully saturated rings. The second kappa shape index (κ2) is 7.66. The predicted molar refractivity (Wildman–Crippen MR) is 119 cm³/mol. The fourth-order valence-electron chi connectivity index (χ4n) is 3.61. The first kappa shape index (κ1) is 20.3. The normalized spacial score (nSPS) is 11.2. The van der Waals surface area contributed by atoms with E-state index in [1.807, 2.05) is 18.2 Å². The number of fused-ring (bicyclic) bond motifs is 1. The lowest BCUT2D eigenvalue weighted by Crippen LogP contribution is -2.24. The van der Waals surface area contributed by atoms with E-state index >= 15 is 0 Å². The second-order valence-electron chi connectivity index (χ2n) is 7.11. The summed E-state index contributed by atoms with van der Waals surface area (Å²) in [6.45, 7) is 4.79. The Hall–Kier alpha value is -3.03. The molecule has 4 aromatic rings. The summed E-state index contributed by atoms with van der Waals surface area (Å²) in [6.07, 6.45) is 1.39. The van der Waals surface area contributed by atoms with Gasteiger partial charge in [0, 0.05) is 21.2 Å². The molecule has 0 spiro atoms. The number of benzene rings is 1. The van der Waals surface area contributed by atoms with Crippen molar-refractivity contribution in [2.45, 2.75) is 27.3 Å². The number of hydrogen-bond acceptors (Lipinski definition) is 5. The van der Waals surface area contributed by atoms with E-state index in [0.717, 1.165) is 10.4 Å². The monoisotopic (exact) mass is 439 g/mol. The highest BCUT2D eigenvalue weighted by Crippen LogP contribution is 2.31. The first-order valence-corrected chi connectivity index (χ1v) is 10.4. The van der Waals surface area contributed by atoms with Gasteiger partial charge in [0.15, 0.2) is 11.6 Å². The van der Waals surface area contributed by atoms with E-state index < -0.39 is 0 Å². The maximum atomic E-state index is 13.0. The minimum Gasteiger partial charge on any atom is -0.355 e. The number of aromatic nitrogens is 3. The number of aromatic amines is 1. The number of carbonyl (C=O) groups excluding carboxylic acids is 2. The molecule has 152 valence electrons. The number of nitrogens with zero attached hydrogens (tertiary/aromatic N) is 2. The average molecular weight is 440 g/mol. The van der Waals surface area contributed by atoms with Gasteiger partial charge in [-0.15, -0.1) is 11.3 Å². The number of carbonyl (C=O) groups is 2. The van der Waals surface area contributed by atoms with E-state index in [1.54, 1.807) is 26.0 Å². The Morgan fingerprint density at radius 3 is 2.53 bits per heavy atom. The van der Waals surface area contributed by atoms with Crippen LogP contribution in [0.4, 0.5) is 0 Å². The van der Waals surface area contributed by atoms with Crippen molar-refractivity contribution >= 4 is 44.7 Å². The molecule has 3 heterocycles. The fraction of sp³-hybridized carbons (Fsp3) is 0.182. The molecule has 8 heteroatoms. The summed E-state index contributed by atoms with van der Waals surface area (Å²) < 4.78 is 1.79. The van der Waals surface area contributed by atoms with Crippen LogP contribution in [-0.4, -0.2) is 26.1 Å². The van der Waals surface area contributed by atoms with E-state index in [0.29, 0.717) is 37.8 Å². The zero-order chi connectivity index (χ0) is 21.6. The summed E-state index contributed by atoms with van der Waals surface area (Å²) in [5.41, 5.74) is 3.38. The highest BCUT2D eigenvalue weighted by Gasteiger charge is 2.21. The van der Waals surface area contributed by atoms with Crippen molar-refractivity contribution in [3.63, 3.8) is 0 Å². The molecule has 0 bridgehead atoms. The molecular formula is C22H18ClN3O3S. The number of thiophene rings is 1. The molecule has 0 atom stereocenters. The van der Waals surface area contributed by atoms with Gasteiger partial charge in [-0.3, -0.25) is 19.0 Å². The van der Waals surface area contributed by atoms with Gasteiger partial charge in [-0.05, 0) is 50.1 Å². The van der Waals surface area contributed by atoms with E-state index in [9.17, 15) is 14.4 Å². The first-order chi connectivity index (χ1) is 14.3. The maximum absolute atomic E-state index is 13.0. The summed E-state index contributed by atoms with van der Waals surface area (Å²) in [5.74, 6) is -0.380. The Morgan fingerprint density at radius 1 is 1.20 bits per heavy atom. The van der Waals surface area contributed by atoms with Crippen LogP contribution in [0, 0.1) is 13.8 Å². The minimum atomic E-state index is -0.277. The molecule has 0 aliphatic carbocycles. The molecule has 6 nitrogen and oxygen atoms in total. The van der Waals surface area contributed by atoms with Crippen molar-refractivity contribution in [1.29, 1.82) is 0 Å². The summed E-state index contributed by atoms with van der Waals surface area (Å²) in [4.78, 5) is 45.8. The number of hydrogen-bond donors (Lipinski definition) is 1. The van der Waals surface area contributed by atoms with Gasteiger partial charge in [0.2, 0.25) is 0 Å². The van der Waals surface area contributed by atoms with Crippen LogP contribution in [0.3, 0.4) is 0 Å². The smallest absolute Gasteiger partial charge is 0.271 e. The SMILES string of the molecule is CC(=O)c1c(C)[nH]c(C(=O)Cn2cnc3cc(-c4ccc(Cl)cc4)sc3c2=O)c1C. The number of aryl methyl sites for hydroxylation is 1. The molecule has 4 rings (SSSR count). The molecule has 3 aromatic heterocycles. The third kappa shape index (κ3) is 3.51. The molecule has 1 N–H and O–H groups in total. The molecule has 1 aromatic carbocycles. The van der Waals surface area contributed by atoms with Crippen LogP contribution in [0.1, 0.15) is 39.0 Å². The quantitative estimate of drug-likeness (QED) is 0.452. The van der Waals surface area contributed by atoms with Crippen LogP contribution in [-0.2, 0) is 6.54 Å².